The second kappa shape index (κ2) is 6.20. The monoisotopic (exact) mass is 240 g/mol. The summed E-state index contributed by atoms with van der Waals surface area (Å²) >= 11 is 0. The van der Waals surface area contributed by atoms with Crippen molar-refractivity contribution in [3.63, 3.8) is 0 Å². The molecule has 3 N–H and O–H groups in total. The Kier molecular flexibility index (Phi) is 4.90. The van der Waals surface area contributed by atoms with E-state index in [1.165, 1.54) is 12.1 Å². The van der Waals surface area contributed by atoms with Crippen molar-refractivity contribution in [2.24, 2.45) is 0 Å². The molecule has 0 aliphatic carbocycles. The van der Waals surface area contributed by atoms with E-state index in [0.29, 0.717) is 13.2 Å². The molecule has 1 amide bonds. The third-order valence-electron chi connectivity index (χ3n) is 2.26. The van der Waals surface area contributed by atoms with Crippen LogP contribution in [-0.4, -0.2) is 25.2 Å². The minimum atomic E-state index is -0.484. The lowest BCUT2D eigenvalue weighted by Crippen LogP contribution is -2.32. The minimum absolute atomic E-state index is 0.0845. The molecule has 0 aromatic heterocycles. The van der Waals surface area contributed by atoms with Crippen molar-refractivity contribution in [3.8, 4) is 0 Å². The number of anilines is 1. The molecule has 0 spiro atoms. The Morgan fingerprint density at radius 2 is 2.29 bits per heavy atom. The number of carbonyl (C=O) groups excluding carboxylic acids is 1. The van der Waals surface area contributed by atoms with Crippen LogP contribution in [0.1, 0.15) is 24.2 Å². The van der Waals surface area contributed by atoms with Crippen LogP contribution in [0.4, 0.5) is 10.1 Å². The second-order valence-corrected chi connectivity index (χ2v) is 3.71. The van der Waals surface area contributed by atoms with Crippen molar-refractivity contribution in [1.82, 2.24) is 5.32 Å². The summed E-state index contributed by atoms with van der Waals surface area (Å²) in [6.07, 6.45) is -0.0845. The molecule has 0 radical (unpaired) electrons. The van der Waals surface area contributed by atoms with Gasteiger partial charge in [-0.05, 0) is 32.0 Å². The first-order valence-corrected chi connectivity index (χ1v) is 5.49. The Hall–Kier alpha value is -1.62. The molecule has 1 aromatic rings. The summed E-state index contributed by atoms with van der Waals surface area (Å²) in [5.41, 5.74) is 6.00. The fraction of sp³-hybridized carbons (Fsp3) is 0.417. The van der Waals surface area contributed by atoms with Crippen LogP contribution in [-0.2, 0) is 4.74 Å². The highest BCUT2D eigenvalue weighted by atomic mass is 19.1. The molecule has 4 nitrogen and oxygen atoms in total. The Morgan fingerprint density at radius 3 is 2.94 bits per heavy atom. The lowest BCUT2D eigenvalue weighted by molar-refractivity contribution is 0.0695. The quantitative estimate of drug-likeness (QED) is 0.768. The number of hydrogen-bond acceptors (Lipinski definition) is 3. The molecule has 0 aliphatic heterocycles. The van der Waals surface area contributed by atoms with Crippen LogP contribution < -0.4 is 11.1 Å². The van der Waals surface area contributed by atoms with Gasteiger partial charge in [-0.3, -0.25) is 4.79 Å². The summed E-state index contributed by atoms with van der Waals surface area (Å²) in [6.45, 7) is 4.67. The van der Waals surface area contributed by atoms with Crippen LogP contribution in [0, 0.1) is 5.82 Å². The molecule has 94 valence electrons. The fourth-order valence-electron chi connectivity index (χ4n) is 1.40. The third kappa shape index (κ3) is 4.03. The number of carbonyl (C=O) groups is 1. The van der Waals surface area contributed by atoms with Crippen molar-refractivity contribution in [2.45, 2.75) is 20.0 Å². The van der Waals surface area contributed by atoms with Gasteiger partial charge in [0, 0.05) is 18.8 Å². The molecule has 0 saturated carbocycles. The van der Waals surface area contributed by atoms with Gasteiger partial charge in [0.2, 0.25) is 0 Å². The highest BCUT2D eigenvalue weighted by molar-refractivity contribution is 5.99. The first kappa shape index (κ1) is 13.4. The molecule has 5 heteroatoms. The summed E-state index contributed by atoms with van der Waals surface area (Å²) in [6, 6.07) is 3.71. The largest absolute Gasteiger partial charge is 0.398 e. The number of nitrogens with two attached hydrogens (primary N) is 1. The molecule has 0 heterocycles. The molecule has 1 aromatic carbocycles. The van der Waals surface area contributed by atoms with E-state index < -0.39 is 11.7 Å². The molecule has 17 heavy (non-hydrogen) atoms. The number of halogens is 1. The summed E-state index contributed by atoms with van der Waals surface area (Å²) in [5, 5.41) is 2.64. The highest BCUT2D eigenvalue weighted by Crippen LogP contribution is 2.12. The summed E-state index contributed by atoms with van der Waals surface area (Å²) < 4.78 is 18.2. The summed E-state index contributed by atoms with van der Waals surface area (Å²) in [4.78, 5) is 11.7. The number of amides is 1. The number of rotatable bonds is 5. The highest BCUT2D eigenvalue weighted by Gasteiger charge is 2.11. The lowest BCUT2D eigenvalue weighted by Gasteiger charge is -2.13. The number of nitrogens with one attached hydrogen (secondary N) is 1. The lowest BCUT2D eigenvalue weighted by atomic mass is 10.1. The average Bonchev–Trinajstić information content (AvgIpc) is 2.29. The van der Waals surface area contributed by atoms with E-state index in [1.807, 2.05) is 13.8 Å². The normalized spacial score (nSPS) is 12.2. The van der Waals surface area contributed by atoms with Crippen LogP contribution in [0.2, 0.25) is 0 Å². The maximum Gasteiger partial charge on any atom is 0.253 e. The van der Waals surface area contributed by atoms with Gasteiger partial charge in [0.05, 0.1) is 11.7 Å². The van der Waals surface area contributed by atoms with Crippen LogP contribution >= 0.6 is 0 Å². The third-order valence-corrected chi connectivity index (χ3v) is 2.26. The van der Waals surface area contributed by atoms with E-state index in [9.17, 15) is 9.18 Å². The van der Waals surface area contributed by atoms with Crippen molar-refractivity contribution < 1.29 is 13.9 Å². The van der Waals surface area contributed by atoms with E-state index in [1.54, 1.807) is 0 Å². The predicted octanol–water partition coefficient (Wildman–Crippen LogP) is 1.56. The van der Waals surface area contributed by atoms with Crippen molar-refractivity contribution >= 4 is 11.6 Å². The van der Waals surface area contributed by atoms with Crippen molar-refractivity contribution in [1.29, 1.82) is 0 Å². The Balaban J connectivity index is 2.61. The molecule has 0 aliphatic rings. The first-order chi connectivity index (χ1) is 8.04. The van der Waals surface area contributed by atoms with Gasteiger partial charge < -0.3 is 15.8 Å². The van der Waals surface area contributed by atoms with Gasteiger partial charge in [0.15, 0.2) is 0 Å². The van der Waals surface area contributed by atoms with E-state index >= 15 is 0 Å². The number of benzene rings is 1. The number of hydrogen-bond donors (Lipinski definition) is 2. The Morgan fingerprint density at radius 1 is 1.59 bits per heavy atom. The predicted molar refractivity (Wildman–Crippen MR) is 64.2 cm³/mol. The van der Waals surface area contributed by atoms with Gasteiger partial charge in [0.25, 0.3) is 5.91 Å². The topological polar surface area (TPSA) is 64.3 Å². The molecule has 0 bridgehead atoms. The van der Waals surface area contributed by atoms with E-state index in [2.05, 4.69) is 5.32 Å². The molecule has 1 rings (SSSR count). The SMILES string of the molecule is CCOC(C)CNC(=O)c1cc(F)ccc1N. The molecule has 1 unspecified atom stereocenters. The molecule has 0 fully saturated rings. The Labute approximate surface area is 100.0 Å². The van der Waals surface area contributed by atoms with Gasteiger partial charge >= 0.3 is 0 Å². The maximum absolute atomic E-state index is 13.0. The van der Waals surface area contributed by atoms with Crippen LogP contribution in [0.15, 0.2) is 18.2 Å². The van der Waals surface area contributed by atoms with Gasteiger partial charge in [-0.15, -0.1) is 0 Å². The minimum Gasteiger partial charge on any atom is -0.398 e. The average molecular weight is 240 g/mol. The van der Waals surface area contributed by atoms with Crippen molar-refractivity contribution in [2.75, 3.05) is 18.9 Å². The zero-order valence-electron chi connectivity index (χ0n) is 10.00. The fourth-order valence-corrected chi connectivity index (χ4v) is 1.40. The zero-order chi connectivity index (χ0) is 12.8. The summed E-state index contributed by atoms with van der Waals surface area (Å²) in [7, 11) is 0. The van der Waals surface area contributed by atoms with Gasteiger partial charge in [0.1, 0.15) is 5.82 Å². The van der Waals surface area contributed by atoms with Gasteiger partial charge in [-0.2, -0.15) is 0 Å². The van der Waals surface area contributed by atoms with Gasteiger partial charge in [-0.1, -0.05) is 0 Å². The van der Waals surface area contributed by atoms with Crippen LogP contribution in [0.25, 0.3) is 0 Å². The van der Waals surface area contributed by atoms with E-state index in [4.69, 9.17) is 10.5 Å². The number of nitrogen functional groups attached to an aromatic ring is 1. The zero-order valence-corrected chi connectivity index (χ0v) is 10.00. The first-order valence-electron chi connectivity index (χ1n) is 5.49. The number of ether oxygens (including phenoxy) is 1. The molecular formula is C12H17FN2O2. The standard InChI is InChI=1S/C12H17FN2O2/c1-3-17-8(2)7-15-12(16)10-6-9(13)4-5-11(10)14/h4-6,8H,3,7,14H2,1-2H3,(H,15,16). The smallest absolute Gasteiger partial charge is 0.253 e. The van der Waals surface area contributed by atoms with Crippen molar-refractivity contribution in [3.05, 3.63) is 29.6 Å². The maximum atomic E-state index is 13.0. The van der Waals surface area contributed by atoms with Crippen LogP contribution in [0.3, 0.4) is 0 Å². The van der Waals surface area contributed by atoms with Gasteiger partial charge in [-0.25, -0.2) is 4.39 Å². The summed E-state index contributed by atoms with van der Waals surface area (Å²) in [5.74, 6) is -0.879. The second-order valence-electron chi connectivity index (χ2n) is 3.71. The Bertz CT molecular complexity index is 396. The molecule has 1 atom stereocenters. The molecular weight excluding hydrogens is 223 g/mol. The van der Waals surface area contributed by atoms with E-state index in [0.717, 1.165) is 6.07 Å². The van der Waals surface area contributed by atoms with Crippen LogP contribution in [0.5, 0.6) is 0 Å². The van der Waals surface area contributed by atoms with E-state index in [-0.39, 0.29) is 17.4 Å². The molecule has 0 saturated heterocycles.